The first-order valence-electron chi connectivity index (χ1n) is 6.25. The Bertz CT molecular complexity index is 505. The molecule has 2 rings (SSSR count). The standard InChI is InChI=1S/C13H20N2O2S/c1-10-3-2-4-11(7-10)8-12-5-6-13(9-15-12)18(14,16)17/h2-4,7,12-13,15H,5-6,8-9H2,1H3,(H2,14,16,17). The Balaban J connectivity index is 1.91. The molecule has 1 saturated heterocycles. The maximum Gasteiger partial charge on any atom is 0.213 e. The highest BCUT2D eigenvalue weighted by atomic mass is 32.2. The van der Waals surface area contributed by atoms with E-state index in [1.165, 1.54) is 11.1 Å². The molecule has 0 aromatic heterocycles. The monoisotopic (exact) mass is 268 g/mol. The number of primary sulfonamides is 1. The summed E-state index contributed by atoms with van der Waals surface area (Å²) in [4.78, 5) is 0. The van der Waals surface area contributed by atoms with E-state index in [9.17, 15) is 8.42 Å². The first-order chi connectivity index (χ1) is 8.45. The molecular formula is C13H20N2O2S. The Morgan fingerprint density at radius 2 is 2.17 bits per heavy atom. The van der Waals surface area contributed by atoms with Crippen LogP contribution in [0.25, 0.3) is 0 Å². The minimum atomic E-state index is -3.39. The molecular weight excluding hydrogens is 248 g/mol. The molecule has 0 saturated carbocycles. The molecule has 1 heterocycles. The van der Waals surface area contributed by atoms with Gasteiger partial charge in [0.05, 0.1) is 5.25 Å². The van der Waals surface area contributed by atoms with Gasteiger partial charge >= 0.3 is 0 Å². The third-order valence-electron chi connectivity index (χ3n) is 3.50. The second kappa shape index (κ2) is 5.38. The van der Waals surface area contributed by atoms with Crippen molar-refractivity contribution in [2.75, 3.05) is 6.54 Å². The summed E-state index contributed by atoms with van der Waals surface area (Å²) in [5, 5.41) is 8.02. The molecule has 2 atom stereocenters. The molecule has 0 bridgehead atoms. The van der Waals surface area contributed by atoms with Crippen LogP contribution in [0.15, 0.2) is 24.3 Å². The molecule has 2 unspecified atom stereocenters. The summed E-state index contributed by atoms with van der Waals surface area (Å²) in [6.45, 7) is 2.55. The third kappa shape index (κ3) is 3.54. The van der Waals surface area contributed by atoms with Crippen molar-refractivity contribution < 1.29 is 8.42 Å². The van der Waals surface area contributed by atoms with Gasteiger partial charge in [-0.1, -0.05) is 29.8 Å². The first-order valence-corrected chi connectivity index (χ1v) is 7.86. The topological polar surface area (TPSA) is 72.2 Å². The van der Waals surface area contributed by atoms with E-state index in [0.717, 1.165) is 12.8 Å². The molecule has 0 spiro atoms. The van der Waals surface area contributed by atoms with Crippen molar-refractivity contribution >= 4 is 10.0 Å². The molecule has 4 nitrogen and oxygen atoms in total. The lowest BCUT2D eigenvalue weighted by atomic mass is 9.97. The largest absolute Gasteiger partial charge is 0.312 e. The summed E-state index contributed by atoms with van der Waals surface area (Å²) < 4.78 is 22.5. The predicted octanol–water partition coefficient (Wildman–Crippen LogP) is 0.947. The van der Waals surface area contributed by atoms with E-state index in [4.69, 9.17) is 5.14 Å². The summed E-state index contributed by atoms with van der Waals surface area (Å²) in [5.74, 6) is 0. The van der Waals surface area contributed by atoms with Gasteiger partial charge in [-0.3, -0.25) is 0 Å². The van der Waals surface area contributed by atoms with Crippen LogP contribution in [0.4, 0.5) is 0 Å². The number of rotatable bonds is 3. The molecule has 1 fully saturated rings. The van der Waals surface area contributed by atoms with Gasteiger partial charge in [-0.25, -0.2) is 13.6 Å². The van der Waals surface area contributed by atoms with Crippen molar-refractivity contribution in [3.63, 3.8) is 0 Å². The van der Waals surface area contributed by atoms with E-state index < -0.39 is 15.3 Å². The molecule has 1 aliphatic rings. The number of nitrogens with one attached hydrogen (secondary N) is 1. The molecule has 100 valence electrons. The Morgan fingerprint density at radius 1 is 1.39 bits per heavy atom. The second-order valence-corrected chi connectivity index (χ2v) is 6.93. The van der Waals surface area contributed by atoms with Gasteiger partial charge in [0.15, 0.2) is 0 Å². The molecule has 0 aliphatic carbocycles. The van der Waals surface area contributed by atoms with Gasteiger partial charge in [0.1, 0.15) is 0 Å². The smallest absolute Gasteiger partial charge is 0.213 e. The van der Waals surface area contributed by atoms with Crippen LogP contribution >= 0.6 is 0 Å². The number of benzene rings is 1. The summed E-state index contributed by atoms with van der Waals surface area (Å²) in [5.41, 5.74) is 2.55. The van der Waals surface area contributed by atoms with Crippen molar-refractivity contribution in [1.82, 2.24) is 5.32 Å². The van der Waals surface area contributed by atoms with E-state index in [2.05, 4.69) is 36.5 Å². The van der Waals surface area contributed by atoms with Crippen molar-refractivity contribution in [1.29, 1.82) is 0 Å². The minimum Gasteiger partial charge on any atom is -0.312 e. The fourth-order valence-corrected chi connectivity index (χ4v) is 3.26. The maximum absolute atomic E-state index is 11.2. The number of sulfonamides is 1. The average Bonchev–Trinajstić information content (AvgIpc) is 2.28. The molecule has 5 heteroatoms. The zero-order valence-corrected chi connectivity index (χ0v) is 11.4. The molecule has 1 aromatic carbocycles. The highest BCUT2D eigenvalue weighted by Crippen LogP contribution is 2.17. The van der Waals surface area contributed by atoms with Gasteiger partial charge in [0, 0.05) is 12.6 Å². The lowest BCUT2D eigenvalue weighted by molar-refractivity contribution is 0.396. The lowest BCUT2D eigenvalue weighted by Crippen LogP contribution is -2.47. The van der Waals surface area contributed by atoms with Crippen LogP contribution in [0, 0.1) is 6.92 Å². The Labute approximate surface area is 109 Å². The fourth-order valence-electron chi connectivity index (χ4n) is 2.47. The zero-order chi connectivity index (χ0) is 13.2. The van der Waals surface area contributed by atoms with Crippen LogP contribution in [0.3, 0.4) is 0 Å². The number of piperidine rings is 1. The van der Waals surface area contributed by atoms with E-state index in [1.807, 2.05) is 0 Å². The van der Waals surface area contributed by atoms with Crippen LogP contribution in [0.5, 0.6) is 0 Å². The van der Waals surface area contributed by atoms with Gasteiger partial charge < -0.3 is 5.32 Å². The maximum atomic E-state index is 11.2. The number of hydrogen-bond donors (Lipinski definition) is 2. The van der Waals surface area contributed by atoms with Crippen LogP contribution in [0.2, 0.25) is 0 Å². The van der Waals surface area contributed by atoms with Crippen LogP contribution in [-0.2, 0) is 16.4 Å². The molecule has 1 aromatic rings. The van der Waals surface area contributed by atoms with Gasteiger partial charge in [0.25, 0.3) is 0 Å². The van der Waals surface area contributed by atoms with Gasteiger partial charge in [0.2, 0.25) is 10.0 Å². The highest BCUT2D eigenvalue weighted by Gasteiger charge is 2.27. The van der Waals surface area contributed by atoms with Crippen molar-refractivity contribution in [3.8, 4) is 0 Å². The average molecular weight is 268 g/mol. The Kier molecular flexibility index (Phi) is 4.04. The van der Waals surface area contributed by atoms with Crippen LogP contribution in [0.1, 0.15) is 24.0 Å². The first kappa shape index (κ1) is 13.5. The summed E-state index contributed by atoms with van der Waals surface area (Å²) in [6.07, 6.45) is 2.45. The molecule has 0 radical (unpaired) electrons. The Morgan fingerprint density at radius 3 is 2.72 bits per heavy atom. The molecule has 1 aliphatic heterocycles. The quantitative estimate of drug-likeness (QED) is 0.857. The van der Waals surface area contributed by atoms with E-state index in [1.54, 1.807) is 0 Å². The van der Waals surface area contributed by atoms with Crippen LogP contribution in [-0.4, -0.2) is 26.3 Å². The fraction of sp³-hybridized carbons (Fsp3) is 0.538. The number of hydrogen-bond acceptors (Lipinski definition) is 3. The van der Waals surface area contributed by atoms with Crippen molar-refractivity contribution in [3.05, 3.63) is 35.4 Å². The normalized spacial score (nSPS) is 25.0. The molecule has 3 N–H and O–H groups in total. The van der Waals surface area contributed by atoms with E-state index in [0.29, 0.717) is 19.0 Å². The third-order valence-corrected chi connectivity index (χ3v) is 4.83. The number of nitrogens with two attached hydrogens (primary N) is 1. The number of aryl methyl sites for hydroxylation is 1. The van der Waals surface area contributed by atoms with E-state index >= 15 is 0 Å². The van der Waals surface area contributed by atoms with Crippen molar-refractivity contribution in [2.24, 2.45) is 5.14 Å². The Hall–Kier alpha value is -0.910. The highest BCUT2D eigenvalue weighted by molar-refractivity contribution is 7.89. The zero-order valence-electron chi connectivity index (χ0n) is 10.6. The second-order valence-electron chi connectivity index (χ2n) is 5.09. The van der Waals surface area contributed by atoms with E-state index in [-0.39, 0.29) is 0 Å². The predicted molar refractivity (Wildman–Crippen MR) is 72.8 cm³/mol. The summed E-state index contributed by atoms with van der Waals surface area (Å²) in [7, 11) is -3.39. The SMILES string of the molecule is Cc1cccc(CC2CCC(S(N)(=O)=O)CN2)c1. The van der Waals surface area contributed by atoms with Gasteiger partial charge in [-0.2, -0.15) is 0 Å². The molecule has 18 heavy (non-hydrogen) atoms. The van der Waals surface area contributed by atoms with Gasteiger partial charge in [-0.05, 0) is 31.7 Å². The van der Waals surface area contributed by atoms with Gasteiger partial charge in [-0.15, -0.1) is 0 Å². The summed E-state index contributed by atoms with van der Waals surface area (Å²) in [6, 6.07) is 8.77. The lowest BCUT2D eigenvalue weighted by Gasteiger charge is -2.28. The molecule has 0 amide bonds. The minimum absolute atomic E-state index is 0.352. The van der Waals surface area contributed by atoms with Crippen LogP contribution < -0.4 is 10.5 Å². The van der Waals surface area contributed by atoms with Crippen molar-refractivity contribution in [2.45, 2.75) is 37.5 Å². The summed E-state index contributed by atoms with van der Waals surface area (Å²) >= 11 is 0.